The van der Waals surface area contributed by atoms with Crippen molar-refractivity contribution in [1.29, 1.82) is 0 Å². The molecule has 0 atom stereocenters. The Morgan fingerprint density at radius 1 is 1.03 bits per heavy atom. The summed E-state index contributed by atoms with van der Waals surface area (Å²) < 4.78 is 0. The quantitative estimate of drug-likeness (QED) is 0.627. The predicted octanol–water partition coefficient (Wildman–Crippen LogP) is 5.50. The van der Waals surface area contributed by atoms with E-state index in [0.717, 1.165) is 56.2 Å². The average molecular weight is 387 g/mol. The van der Waals surface area contributed by atoms with Gasteiger partial charge in [-0.3, -0.25) is 0 Å². The van der Waals surface area contributed by atoms with Crippen molar-refractivity contribution in [1.82, 2.24) is 9.88 Å². The van der Waals surface area contributed by atoms with Gasteiger partial charge in [-0.15, -0.1) is 0 Å². The molecule has 0 N–H and O–H groups in total. The zero-order chi connectivity index (χ0) is 20.1. The maximum absolute atomic E-state index is 4.84. The van der Waals surface area contributed by atoms with Gasteiger partial charge in [-0.2, -0.15) is 0 Å². The topological polar surface area (TPSA) is 22.6 Å². The van der Waals surface area contributed by atoms with Gasteiger partial charge in [0.1, 0.15) is 0 Å². The molecule has 2 aliphatic rings. The van der Waals surface area contributed by atoms with Crippen molar-refractivity contribution in [3.8, 4) is 0 Å². The summed E-state index contributed by atoms with van der Waals surface area (Å²) in [5, 5.41) is 0. The highest BCUT2D eigenvalue weighted by molar-refractivity contribution is 5.81. The third kappa shape index (κ3) is 4.13. The van der Waals surface area contributed by atoms with Crippen LogP contribution < -0.4 is 9.80 Å². The first kappa shape index (κ1) is 19.5. The van der Waals surface area contributed by atoms with Crippen LogP contribution in [0.5, 0.6) is 0 Å². The number of fused-ring (bicyclic) bond motifs is 2. The van der Waals surface area contributed by atoms with Gasteiger partial charge in [0, 0.05) is 30.3 Å². The van der Waals surface area contributed by atoms with Crippen molar-refractivity contribution in [2.45, 2.75) is 26.7 Å². The van der Waals surface area contributed by atoms with E-state index in [4.69, 9.17) is 4.98 Å². The summed E-state index contributed by atoms with van der Waals surface area (Å²) in [6.45, 7) is 8.74. The second-order valence-electron chi connectivity index (χ2n) is 7.42. The summed E-state index contributed by atoms with van der Waals surface area (Å²) in [5.41, 5.74) is 4.89. The first-order valence-electron chi connectivity index (χ1n) is 10.7. The molecule has 150 valence electrons. The fourth-order valence-electron chi connectivity index (χ4n) is 4.09. The molecule has 1 aliphatic carbocycles. The molecule has 1 aromatic carbocycles. The number of hydrogen-bond acceptors (Lipinski definition) is 4. The zero-order valence-electron chi connectivity index (χ0n) is 17.5. The lowest BCUT2D eigenvalue weighted by Gasteiger charge is -2.29. The van der Waals surface area contributed by atoms with E-state index >= 15 is 0 Å². The molecule has 0 spiro atoms. The highest BCUT2D eigenvalue weighted by atomic mass is 15.3. The molecule has 0 unspecified atom stereocenters. The molecule has 0 radical (unpaired) electrons. The number of allylic oxidation sites excluding steroid dienone is 4. The number of benzene rings is 1. The van der Waals surface area contributed by atoms with E-state index in [9.17, 15) is 0 Å². The first-order valence-corrected chi connectivity index (χ1v) is 10.7. The average Bonchev–Trinajstić information content (AvgIpc) is 2.92. The maximum Gasteiger partial charge on any atom is 0.157 e. The smallest absolute Gasteiger partial charge is 0.157 e. The second-order valence-corrected chi connectivity index (χ2v) is 7.42. The Kier molecular flexibility index (Phi) is 6.11. The zero-order valence-corrected chi connectivity index (χ0v) is 17.5. The third-order valence-corrected chi connectivity index (χ3v) is 5.70. The van der Waals surface area contributed by atoms with Crippen molar-refractivity contribution >= 4 is 17.2 Å². The molecule has 29 heavy (non-hydrogen) atoms. The van der Waals surface area contributed by atoms with Crippen LogP contribution in [-0.2, 0) is 0 Å². The molecule has 4 nitrogen and oxygen atoms in total. The van der Waals surface area contributed by atoms with Crippen molar-refractivity contribution in [3.63, 3.8) is 0 Å². The van der Waals surface area contributed by atoms with E-state index in [0.29, 0.717) is 0 Å². The Balaban J connectivity index is 1.73. The van der Waals surface area contributed by atoms with Gasteiger partial charge in [0.2, 0.25) is 0 Å². The number of hydrogen-bond donors (Lipinski definition) is 0. The summed E-state index contributed by atoms with van der Waals surface area (Å²) in [6.07, 6.45) is 12.9. The Labute approximate surface area is 174 Å². The van der Waals surface area contributed by atoms with E-state index < -0.39 is 0 Å². The van der Waals surface area contributed by atoms with Gasteiger partial charge in [-0.1, -0.05) is 44.2 Å². The van der Waals surface area contributed by atoms with E-state index in [1.807, 2.05) is 12.3 Å². The van der Waals surface area contributed by atoms with Crippen LogP contribution in [-0.4, -0.2) is 36.1 Å². The van der Waals surface area contributed by atoms with Crippen molar-refractivity contribution < 1.29 is 0 Å². The van der Waals surface area contributed by atoms with Crippen LogP contribution in [0.25, 0.3) is 0 Å². The highest BCUT2D eigenvalue weighted by Crippen LogP contribution is 2.41. The van der Waals surface area contributed by atoms with E-state index in [1.165, 1.54) is 11.3 Å². The van der Waals surface area contributed by atoms with Gasteiger partial charge in [-0.25, -0.2) is 4.98 Å². The number of nitrogens with zero attached hydrogens (tertiary/aromatic N) is 4. The maximum atomic E-state index is 4.84. The Morgan fingerprint density at radius 3 is 2.66 bits per heavy atom. The van der Waals surface area contributed by atoms with Crippen LogP contribution >= 0.6 is 0 Å². The molecule has 2 aromatic rings. The number of rotatable bonds is 7. The molecule has 1 aliphatic heterocycles. The summed E-state index contributed by atoms with van der Waals surface area (Å²) in [5.74, 6) is 1.03. The lowest BCUT2D eigenvalue weighted by Crippen LogP contribution is -2.30. The van der Waals surface area contributed by atoms with Gasteiger partial charge >= 0.3 is 0 Å². The van der Waals surface area contributed by atoms with Crippen LogP contribution in [0.4, 0.5) is 17.2 Å². The third-order valence-electron chi connectivity index (χ3n) is 5.70. The molecule has 0 fully saturated rings. The van der Waals surface area contributed by atoms with Crippen LogP contribution in [0.2, 0.25) is 0 Å². The molecule has 0 saturated carbocycles. The standard InChI is InChI=1S/C25H30N4/c1-3-27(4-2)18-11-19-28-23-15-9-8-12-21(23)20-29(22-13-6-5-7-14-22)24-16-10-17-26-25(24)28/h5-10,13-17,20H,3-4,11-12,18-19H2,1-2H3. The predicted molar refractivity (Wildman–Crippen MR) is 122 cm³/mol. The SMILES string of the molecule is CCN(CC)CCCN1C2=CC=CCC2=CN(c2ccccc2)c2cccnc21. The van der Waals surface area contributed by atoms with Crippen molar-refractivity contribution in [2.75, 3.05) is 36.0 Å². The van der Waals surface area contributed by atoms with Crippen molar-refractivity contribution in [2.24, 2.45) is 0 Å². The monoisotopic (exact) mass is 386 g/mol. The molecule has 4 rings (SSSR count). The summed E-state index contributed by atoms with van der Waals surface area (Å²) in [4.78, 5) is 12.0. The molecule has 0 bridgehead atoms. The summed E-state index contributed by atoms with van der Waals surface area (Å²) in [7, 11) is 0. The summed E-state index contributed by atoms with van der Waals surface area (Å²) in [6, 6.07) is 14.8. The van der Waals surface area contributed by atoms with Crippen LogP contribution in [0.1, 0.15) is 26.7 Å². The van der Waals surface area contributed by atoms with Gasteiger partial charge < -0.3 is 14.7 Å². The van der Waals surface area contributed by atoms with Crippen LogP contribution in [0.15, 0.2) is 84.4 Å². The fraction of sp³-hybridized carbons (Fsp3) is 0.320. The number of aromatic nitrogens is 1. The molecular weight excluding hydrogens is 356 g/mol. The molecule has 0 amide bonds. The van der Waals surface area contributed by atoms with Gasteiger partial charge in [-0.05, 0) is 68.4 Å². The molecule has 1 aromatic heterocycles. The molecular formula is C25H30N4. The molecule has 0 saturated heterocycles. The highest BCUT2D eigenvalue weighted by Gasteiger charge is 2.27. The lowest BCUT2D eigenvalue weighted by atomic mass is 10.0. The Bertz CT molecular complexity index is 909. The van der Waals surface area contributed by atoms with E-state index in [-0.39, 0.29) is 0 Å². The minimum Gasteiger partial charge on any atom is -0.324 e. The van der Waals surface area contributed by atoms with E-state index in [2.05, 4.69) is 89.4 Å². The largest absolute Gasteiger partial charge is 0.324 e. The molecule has 4 heteroatoms. The Morgan fingerprint density at radius 2 is 1.86 bits per heavy atom. The van der Waals surface area contributed by atoms with E-state index in [1.54, 1.807) is 0 Å². The second kappa shape index (κ2) is 9.10. The number of para-hydroxylation sites is 1. The van der Waals surface area contributed by atoms with Crippen molar-refractivity contribution in [3.05, 3.63) is 84.4 Å². The fourth-order valence-corrected chi connectivity index (χ4v) is 4.09. The van der Waals surface area contributed by atoms with Gasteiger partial charge in [0.25, 0.3) is 0 Å². The molecule has 2 heterocycles. The van der Waals surface area contributed by atoms with Crippen LogP contribution in [0, 0.1) is 0 Å². The van der Waals surface area contributed by atoms with Gasteiger partial charge in [0.15, 0.2) is 5.82 Å². The normalized spacial score (nSPS) is 15.6. The number of anilines is 3. The number of pyridine rings is 1. The minimum atomic E-state index is 0.940. The van der Waals surface area contributed by atoms with Gasteiger partial charge in [0.05, 0.1) is 5.69 Å². The Hall–Kier alpha value is -2.85. The minimum absolute atomic E-state index is 0.940. The van der Waals surface area contributed by atoms with Crippen LogP contribution in [0.3, 0.4) is 0 Å². The first-order chi connectivity index (χ1) is 14.3. The lowest BCUT2D eigenvalue weighted by molar-refractivity contribution is 0.301. The summed E-state index contributed by atoms with van der Waals surface area (Å²) >= 11 is 0.